The molecule has 2 aromatic rings. The molecule has 3 heteroatoms. The lowest BCUT2D eigenvalue weighted by Gasteiger charge is -2.28. The molecule has 0 amide bonds. The Morgan fingerprint density at radius 3 is 2.61 bits per heavy atom. The van der Waals surface area contributed by atoms with Gasteiger partial charge in [0.15, 0.2) is 0 Å². The Kier molecular flexibility index (Phi) is 4.03. The highest BCUT2D eigenvalue weighted by Gasteiger charge is 2.28. The molecule has 1 aliphatic rings. The van der Waals surface area contributed by atoms with Crippen LogP contribution >= 0.6 is 0 Å². The Bertz CT molecular complexity index is 793. The average molecular weight is 305 g/mol. The Morgan fingerprint density at radius 2 is 1.96 bits per heavy atom. The lowest BCUT2D eigenvalue weighted by Crippen LogP contribution is -2.18. The largest absolute Gasteiger partial charge is 0.247 e. The van der Waals surface area contributed by atoms with E-state index < -0.39 is 0 Å². The lowest BCUT2D eigenvalue weighted by atomic mass is 9.77. The van der Waals surface area contributed by atoms with Crippen molar-refractivity contribution >= 4 is 5.57 Å². The first-order valence-corrected chi connectivity index (χ1v) is 8.05. The van der Waals surface area contributed by atoms with Crippen molar-refractivity contribution in [3.05, 3.63) is 66.4 Å². The predicted octanol–water partition coefficient (Wildman–Crippen LogP) is 4.44. The monoisotopic (exact) mass is 305 g/mol. The van der Waals surface area contributed by atoms with Crippen LogP contribution in [0.4, 0.5) is 0 Å². The number of hydrogen-bond donors (Lipinski definition) is 0. The molecular formula is C20H23N3. The van der Waals surface area contributed by atoms with Crippen molar-refractivity contribution in [2.24, 2.45) is 18.9 Å². The first-order valence-electron chi connectivity index (χ1n) is 8.05. The van der Waals surface area contributed by atoms with Crippen LogP contribution in [0.15, 0.2) is 55.1 Å². The van der Waals surface area contributed by atoms with E-state index >= 15 is 0 Å². The Labute approximate surface area is 138 Å². The minimum absolute atomic E-state index is 0.393. The van der Waals surface area contributed by atoms with Crippen molar-refractivity contribution in [3.8, 4) is 11.3 Å². The van der Waals surface area contributed by atoms with E-state index in [1.165, 1.54) is 16.7 Å². The standard InChI is InChI=1S/C20H23N3/c1-6-15-16(7-2)20-19(21-22-23(20)5)17-11-9-8-10-14(17)12-18(15)13(3)4/h6-11,13,18H,1-2,12H2,3-5H3/b16-15-. The maximum atomic E-state index is 4.43. The topological polar surface area (TPSA) is 30.7 Å². The highest BCUT2D eigenvalue weighted by Crippen LogP contribution is 2.40. The zero-order chi connectivity index (χ0) is 16.6. The van der Waals surface area contributed by atoms with E-state index in [-0.39, 0.29) is 0 Å². The Hall–Kier alpha value is -2.42. The molecule has 0 N–H and O–H groups in total. The van der Waals surface area contributed by atoms with E-state index in [9.17, 15) is 0 Å². The van der Waals surface area contributed by atoms with Crippen LogP contribution in [0.3, 0.4) is 0 Å². The van der Waals surface area contributed by atoms with E-state index in [0.717, 1.165) is 23.4 Å². The molecule has 23 heavy (non-hydrogen) atoms. The molecule has 1 aromatic carbocycles. The number of nitrogens with zero attached hydrogens (tertiary/aromatic N) is 3. The van der Waals surface area contributed by atoms with Gasteiger partial charge in [0.2, 0.25) is 0 Å². The van der Waals surface area contributed by atoms with E-state index in [0.29, 0.717) is 11.8 Å². The number of rotatable bonds is 3. The third-order valence-electron chi connectivity index (χ3n) is 4.73. The summed E-state index contributed by atoms with van der Waals surface area (Å²) in [4.78, 5) is 0. The number of benzene rings is 1. The zero-order valence-electron chi connectivity index (χ0n) is 14.1. The molecule has 0 aliphatic heterocycles. The fourth-order valence-corrected chi connectivity index (χ4v) is 3.52. The van der Waals surface area contributed by atoms with Crippen molar-refractivity contribution in [2.75, 3.05) is 0 Å². The summed E-state index contributed by atoms with van der Waals surface area (Å²) in [6.07, 6.45) is 4.87. The maximum absolute atomic E-state index is 4.43. The molecule has 3 rings (SSSR count). The van der Waals surface area contributed by atoms with E-state index in [1.807, 2.05) is 23.9 Å². The number of aryl methyl sites for hydroxylation is 1. The van der Waals surface area contributed by atoms with Crippen LogP contribution in [0.5, 0.6) is 0 Å². The molecular weight excluding hydrogens is 282 g/mol. The maximum Gasteiger partial charge on any atom is 0.121 e. The minimum Gasteiger partial charge on any atom is -0.247 e. The quantitative estimate of drug-likeness (QED) is 0.839. The average Bonchev–Trinajstić information content (AvgIpc) is 2.90. The molecule has 1 aliphatic carbocycles. The van der Waals surface area contributed by atoms with Crippen LogP contribution in [0.25, 0.3) is 16.8 Å². The van der Waals surface area contributed by atoms with Gasteiger partial charge in [-0.3, -0.25) is 0 Å². The summed E-state index contributed by atoms with van der Waals surface area (Å²) < 4.78 is 1.84. The van der Waals surface area contributed by atoms with Gasteiger partial charge >= 0.3 is 0 Å². The first kappa shape index (κ1) is 15.5. The van der Waals surface area contributed by atoms with E-state index in [2.05, 4.69) is 61.6 Å². The van der Waals surface area contributed by atoms with Gasteiger partial charge in [0, 0.05) is 18.2 Å². The van der Waals surface area contributed by atoms with E-state index in [1.54, 1.807) is 0 Å². The second-order valence-corrected chi connectivity index (χ2v) is 6.40. The molecule has 0 fully saturated rings. The van der Waals surface area contributed by atoms with Gasteiger partial charge in [-0.15, -0.1) is 5.10 Å². The van der Waals surface area contributed by atoms with Crippen molar-refractivity contribution in [1.82, 2.24) is 15.0 Å². The van der Waals surface area contributed by atoms with E-state index in [4.69, 9.17) is 0 Å². The summed E-state index contributed by atoms with van der Waals surface area (Å²) >= 11 is 0. The number of aromatic nitrogens is 3. The lowest BCUT2D eigenvalue weighted by molar-refractivity contribution is 0.449. The Morgan fingerprint density at radius 1 is 1.22 bits per heavy atom. The minimum atomic E-state index is 0.393. The molecule has 1 heterocycles. The fraction of sp³-hybridized carbons (Fsp3) is 0.300. The smallest absolute Gasteiger partial charge is 0.121 e. The van der Waals surface area contributed by atoms with Crippen LogP contribution in [-0.2, 0) is 13.5 Å². The molecule has 0 bridgehead atoms. The highest BCUT2D eigenvalue weighted by atomic mass is 15.4. The number of fused-ring (bicyclic) bond motifs is 3. The molecule has 1 aromatic heterocycles. The summed E-state index contributed by atoms with van der Waals surface area (Å²) in [5.41, 5.74) is 6.76. The van der Waals surface area contributed by atoms with Crippen molar-refractivity contribution in [1.29, 1.82) is 0 Å². The summed E-state index contributed by atoms with van der Waals surface area (Å²) in [5.74, 6) is 0.901. The normalized spacial score (nSPS) is 20.4. The summed E-state index contributed by atoms with van der Waals surface area (Å²) in [6.45, 7) is 12.7. The van der Waals surface area contributed by atoms with Crippen LogP contribution in [0.1, 0.15) is 25.1 Å². The third kappa shape index (κ3) is 2.46. The van der Waals surface area contributed by atoms with Crippen LogP contribution in [0, 0.1) is 11.8 Å². The summed E-state index contributed by atoms with van der Waals surface area (Å²) in [6, 6.07) is 8.50. The van der Waals surface area contributed by atoms with Gasteiger partial charge in [-0.2, -0.15) is 0 Å². The van der Waals surface area contributed by atoms with Crippen LogP contribution in [-0.4, -0.2) is 15.0 Å². The number of allylic oxidation sites excluding steroid dienone is 4. The van der Waals surface area contributed by atoms with Gasteiger partial charge in [0.05, 0.1) is 5.69 Å². The summed E-state index contributed by atoms with van der Waals surface area (Å²) in [7, 11) is 1.94. The highest BCUT2D eigenvalue weighted by molar-refractivity contribution is 5.86. The van der Waals surface area contributed by atoms with Gasteiger partial charge in [-0.25, -0.2) is 4.68 Å². The molecule has 3 nitrogen and oxygen atoms in total. The molecule has 0 spiro atoms. The Balaban J connectivity index is 2.40. The van der Waals surface area contributed by atoms with Crippen LogP contribution in [0.2, 0.25) is 0 Å². The molecule has 1 unspecified atom stereocenters. The summed E-state index contributed by atoms with van der Waals surface area (Å²) in [5, 5.41) is 8.70. The zero-order valence-corrected chi connectivity index (χ0v) is 14.1. The van der Waals surface area contributed by atoms with Gasteiger partial charge in [-0.1, -0.05) is 68.6 Å². The van der Waals surface area contributed by atoms with Gasteiger partial charge < -0.3 is 0 Å². The van der Waals surface area contributed by atoms with Gasteiger partial charge in [0.25, 0.3) is 0 Å². The van der Waals surface area contributed by atoms with Gasteiger partial charge in [-0.05, 0) is 29.4 Å². The van der Waals surface area contributed by atoms with Crippen molar-refractivity contribution in [2.45, 2.75) is 20.3 Å². The molecule has 1 atom stereocenters. The predicted molar refractivity (Wildman–Crippen MR) is 95.8 cm³/mol. The fourth-order valence-electron chi connectivity index (χ4n) is 3.52. The first-order chi connectivity index (χ1) is 11.1. The van der Waals surface area contributed by atoms with Crippen LogP contribution < -0.4 is 0 Å². The molecule has 118 valence electrons. The van der Waals surface area contributed by atoms with Crippen molar-refractivity contribution in [3.63, 3.8) is 0 Å². The second-order valence-electron chi connectivity index (χ2n) is 6.40. The van der Waals surface area contributed by atoms with Gasteiger partial charge in [0.1, 0.15) is 5.69 Å². The van der Waals surface area contributed by atoms with Crippen molar-refractivity contribution < 1.29 is 0 Å². The second kappa shape index (κ2) is 5.99. The third-order valence-corrected chi connectivity index (χ3v) is 4.73. The molecule has 0 saturated heterocycles. The SMILES string of the molecule is C=C/C1=C(\C=C)C(C(C)C)Cc2ccccc2-c2nnn(C)c21. The molecule has 0 saturated carbocycles. The number of hydrogen-bond acceptors (Lipinski definition) is 2. The molecule has 0 radical (unpaired) electrons.